The lowest BCUT2D eigenvalue weighted by Gasteiger charge is -2.23. The zero-order valence-electron chi connectivity index (χ0n) is 15.0. The third-order valence-corrected chi connectivity index (χ3v) is 5.91. The van der Waals surface area contributed by atoms with E-state index in [2.05, 4.69) is 42.2 Å². The van der Waals surface area contributed by atoms with Gasteiger partial charge in [-0.3, -0.25) is 4.79 Å². The van der Waals surface area contributed by atoms with Crippen LogP contribution in [0.25, 0.3) is 10.2 Å². The van der Waals surface area contributed by atoms with Crippen molar-refractivity contribution in [1.29, 1.82) is 0 Å². The SMILES string of the molecule is CCc1ccc(CCC(=O)N(C)C(C)c2nc3ccccc3s2)cc1. The Hall–Kier alpha value is -2.20. The molecule has 0 radical (unpaired) electrons. The molecule has 0 aliphatic heterocycles. The summed E-state index contributed by atoms with van der Waals surface area (Å²) in [6.45, 7) is 4.20. The summed E-state index contributed by atoms with van der Waals surface area (Å²) in [5.74, 6) is 0.159. The number of fused-ring (bicyclic) bond motifs is 1. The molecule has 2 aromatic carbocycles. The number of aryl methyl sites for hydroxylation is 2. The number of thiazole rings is 1. The molecule has 3 aromatic rings. The van der Waals surface area contributed by atoms with Gasteiger partial charge in [-0.15, -0.1) is 11.3 Å². The average molecular weight is 353 g/mol. The fraction of sp³-hybridized carbons (Fsp3) is 0.333. The number of benzene rings is 2. The van der Waals surface area contributed by atoms with Crippen LogP contribution < -0.4 is 0 Å². The summed E-state index contributed by atoms with van der Waals surface area (Å²) in [6.07, 6.45) is 2.35. The van der Waals surface area contributed by atoms with Gasteiger partial charge in [0.05, 0.1) is 16.3 Å². The Morgan fingerprint density at radius 2 is 1.80 bits per heavy atom. The molecule has 130 valence electrons. The number of aromatic nitrogens is 1. The van der Waals surface area contributed by atoms with E-state index in [1.54, 1.807) is 11.3 Å². The molecule has 0 bridgehead atoms. The van der Waals surface area contributed by atoms with Crippen molar-refractivity contribution in [1.82, 2.24) is 9.88 Å². The second-order valence-electron chi connectivity index (χ2n) is 6.37. The summed E-state index contributed by atoms with van der Waals surface area (Å²) in [7, 11) is 1.87. The molecule has 3 nitrogen and oxygen atoms in total. The first kappa shape index (κ1) is 17.6. The van der Waals surface area contributed by atoms with Crippen LogP contribution in [0.1, 0.15) is 42.4 Å². The number of rotatable bonds is 6. The number of carbonyl (C=O) groups is 1. The highest BCUT2D eigenvalue weighted by Gasteiger charge is 2.20. The number of hydrogen-bond donors (Lipinski definition) is 0. The van der Waals surface area contributed by atoms with Gasteiger partial charge in [-0.25, -0.2) is 4.98 Å². The minimum atomic E-state index is -0.00707. The number of para-hydroxylation sites is 1. The van der Waals surface area contributed by atoms with E-state index in [-0.39, 0.29) is 11.9 Å². The van der Waals surface area contributed by atoms with Gasteiger partial charge in [-0.05, 0) is 43.0 Å². The predicted molar refractivity (Wildman–Crippen MR) is 105 cm³/mol. The Bertz CT molecular complexity index is 821. The van der Waals surface area contributed by atoms with Crippen molar-refractivity contribution >= 4 is 27.5 Å². The van der Waals surface area contributed by atoms with Crippen LogP contribution in [0.4, 0.5) is 0 Å². The van der Waals surface area contributed by atoms with Gasteiger partial charge in [0, 0.05) is 13.5 Å². The zero-order chi connectivity index (χ0) is 17.8. The first-order chi connectivity index (χ1) is 12.1. The predicted octanol–water partition coefficient (Wildman–Crippen LogP) is 5.01. The Morgan fingerprint density at radius 1 is 1.12 bits per heavy atom. The maximum atomic E-state index is 12.6. The van der Waals surface area contributed by atoms with Crippen molar-refractivity contribution in [3.05, 3.63) is 64.7 Å². The monoisotopic (exact) mass is 352 g/mol. The van der Waals surface area contributed by atoms with Crippen LogP contribution in [0.3, 0.4) is 0 Å². The van der Waals surface area contributed by atoms with Crippen LogP contribution in [0.2, 0.25) is 0 Å². The fourth-order valence-corrected chi connectivity index (χ4v) is 3.88. The Kier molecular flexibility index (Phi) is 5.49. The van der Waals surface area contributed by atoms with Crippen LogP contribution >= 0.6 is 11.3 Å². The van der Waals surface area contributed by atoms with Gasteiger partial charge in [0.2, 0.25) is 5.91 Å². The molecular formula is C21H24N2OS. The zero-order valence-corrected chi connectivity index (χ0v) is 15.8. The minimum absolute atomic E-state index is 0.00707. The topological polar surface area (TPSA) is 33.2 Å². The molecule has 0 spiro atoms. The van der Waals surface area contributed by atoms with Gasteiger partial charge >= 0.3 is 0 Å². The van der Waals surface area contributed by atoms with Crippen LogP contribution in [-0.4, -0.2) is 22.8 Å². The molecule has 0 aliphatic carbocycles. The number of carbonyl (C=O) groups excluding carboxylic acids is 1. The van der Waals surface area contributed by atoms with E-state index < -0.39 is 0 Å². The molecule has 0 saturated heterocycles. The lowest BCUT2D eigenvalue weighted by molar-refractivity contribution is -0.131. The molecule has 3 rings (SSSR count). The second-order valence-corrected chi connectivity index (χ2v) is 7.43. The van der Waals surface area contributed by atoms with Crippen molar-refractivity contribution in [3.63, 3.8) is 0 Å². The van der Waals surface area contributed by atoms with Crippen LogP contribution in [0.5, 0.6) is 0 Å². The van der Waals surface area contributed by atoms with E-state index >= 15 is 0 Å². The molecule has 0 saturated carbocycles. The second kappa shape index (κ2) is 7.79. The number of amides is 1. The molecule has 1 heterocycles. The molecular weight excluding hydrogens is 328 g/mol. The van der Waals surface area contributed by atoms with Crippen LogP contribution in [0, 0.1) is 0 Å². The summed E-state index contributed by atoms with van der Waals surface area (Å²) in [4.78, 5) is 19.1. The van der Waals surface area contributed by atoms with Gasteiger partial charge in [0.1, 0.15) is 5.01 Å². The van der Waals surface area contributed by atoms with Gasteiger partial charge in [-0.1, -0.05) is 43.3 Å². The van der Waals surface area contributed by atoms with E-state index in [1.807, 2.05) is 37.1 Å². The van der Waals surface area contributed by atoms with Crippen molar-refractivity contribution in [2.24, 2.45) is 0 Å². The summed E-state index contributed by atoms with van der Waals surface area (Å²) >= 11 is 1.66. The quantitative estimate of drug-likeness (QED) is 0.625. The van der Waals surface area contributed by atoms with Gasteiger partial charge in [0.25, 0.3) is 0 Å². The summed E-state index contributed by atoms with van der Waals surface area (Å²) in [6, 6.07) is 16.7. The van der Waals surface area contributed by atoms with Gasteiger partial charge in [0.15, 0.2) is 0 Å². The van der Waals surface area contributed by atoms with E-state index in [0.29, 0.717) is 6.42 Å². The molecule has 0 aliphatic rings. The van der Waals surface area contributed by atoms with E-state index in [4.69, 9.17) is 0 Å². The minimum Gasteiger partial charge on any atom is -0.337 e. The summed E-state index contributed by atoms with van der Waals surface area (Å²) in [5, 5.41) is 0.990. The highest BCUT2D eigenvalue weighted by Crippen LogP contribution is 2.29. The first-order valence-corrected chi connectivity index (χ1v) is 9.59. The lowest BCUT2D eigenvalue weighted by atomic mass is 10.1. The van der Waals surface area contributed by atoms with Gasteiger partial charge in [-0.2, -0.15) is 0 Å². The van der Waals surface area contributed by atoms with Crippen molar-refractivity contribution in [2.75, 3.05) is 7.05 Å². The Morgan fingerprint density at radius 3 is 2.48 bits per heavy atom. The largest absolute Gasteiger partial charge is 0.337 e. The molecule has 0 fully saturated rings. The van der Waals surface area contributed by atoms with Crippen molar-refractivity contribution in [2.45, 2.75) is 39.2 Å². The third-order valence-electron chi connectivity index (χ3n) is 4.70. The lowest BCUT2D eigenvalue weighted by Crippen LogP contribution is -2.29. The fourth-order valence-electron chi connectivity index (χ4n) is 2.82. The Labute approximate surface area is 153 Å². The molecule has 1 aromatic heterocycles. The van der Waals surface area contributed by atoms with Crippen LogP contribution in [0.15, 0.2) is 48.5 Å². The number of nitrogens with zero attached hydrogens (tertiary/aromatic N) is 2. The third kappa shape index (κ3) is 4.07. The molecule has 0 N–H and O–H groups in total. The van der Waals surface area contributed by atoms with Gasteiger partial charge < -0.3 is 4.90 Å². The van der Waals surface area contributed by atoms with Crippen molar-refractivity contribution in [3.8, 4) is 0 Å². The normalized spacial score (nSPS) is 12.3. The summed E-state index contributed by atoms with van der Waals surface area (Å²) < 4.78 is 1.17. The van der Waals surface area contributed by atoms with E-state index in [0.717, 1.165) is 23.4 Å². The standard InChI is InChI=1S/C21H24N2OS/c1-4-16-9-11-17(12-10-16)13-14-20(24)23(3)15(2)21-22-18-7-5-6-8-19(18)25-21/h5-12,15H,4,13-14H2,1-3H3. The van der Waals surface area contributed by atoms with E-state index in [9.17, 15) is 4.79 Å². The molecule has 1 atom stereocenters. The highest BCUT2D eigenvalue weighted by molar-refractivity contribution is 7.18. The molecule has 4 heteroatoms. The molecule has 25 heavy (non-hydrogen) atoms. The first-order valence-electron chi connectivity index (χ1n) is 8.77. The maximum absolute atomic E-state index is 12.6. The van der Waals surface area contributed by atoms with E-state index in [1.165, 1.54) is 15.8 Å². The average Bonchev–Trinajstić information content (AvgIpc) is 3.09. The van der Waals surface area contributed by atoms with Crippen LogP contribution in [-0.2, 0) is 17.6 Å². The highest BCUT2D eigenvalue weighted by atomic mass is 32.1. The van der Waals surface area contributed by atoms with Crippen molar-refractivity contribution < 1.29 is 4.79 Å². The number of hydrogen-bond acceptors (Lipinski definition) is 3. The molecule has 1 unspecified atom stereocenters. The Balaban J connectivity index is 1.62. The molecule has 1 amide bonds. The smallest absolute Gasteiger partial charge is 0.223 e. The summed E-state index contributed by atoms with van der Waals surface area (Å²) in [5.41, 5.74) is 3.55. The maximum Gasteiger partial charge on any atom is 0.223 e.